The fraction of sp³-hybridized carbons (Fsp3) is 0.429. The summed E-state index contributed by atoms with van der Waals surface area (Å²) in [5.41, 5.74) is 0.364. The van der Waals surface area contributed by atoms with Gasteiger partial charge in [-0.25, -0.2) is 0 Å². The topological polar surface area (TPSA) is 29.5 Å². The van der Waals surface area contributed by atoms with E-state index in [4.69, 9.17) is 4.74 Å². The van der Waals surface area contributed by atoms with Gasteiger partial charge in [0.2, 0.25) is 0 Å². The highest BCUT2D eigenvalue weighted by molar-refractivity contribution is 5.33. The number of hydrogen-bond acceptors (Lipinski definition) is 2. The number of aliphatic hydroxyl groups is 1. The molecular formula is C14H18O2. The zero-order valence-electron chi connectivity index (χ0n) is 9.76. The van der Waals surface area contributed by atoms with E-state index >= 15 is 0 Å². The van der Waals surface area contributed by atoms with Crippen molar-refractivity contribution in [3.05, 3.63) is 48.6 Å². The largest absolute Gasteiger partial charge is 0.386 e. The number of ether oxygens (including phenoxy) is 1. The third-order valence-corrected chi connectivity index (χ3v) is 3.50. The molecule has 1 aromatic carbocycles. The van der Waals surface area contributed by atoms with E-state index in [-0.39, 0.29) is 17.9 Å². The van der Waals surface area contributed by atoms with Crippen molar-refractivity contribution < 1.29 is 9.84 Å². The zero-order valence-corrected chi connectivity index (χ0v) is 9.76. The van der Waals surface area contributed by atoms with Crippen LogP contribution in [0.25, 0.3) is 0 Å². The van der Waals surface area contributed by atoms with Crippen molar-refractivity contribution in [1.82, 2.24) is 0 Å². The van der Waals surface area contributed by atoms with E-state index in [1.165, 1.54) is 5.56 Å². The predicted molar refractivity (Wildman–Crippen MR) is 64.3 cm³/mol. The molecule has 0 aliphatic heterocycles. The Bertz CT molecular complexity index is 370. The van der Waals surface area contributed by atoms with Crippen LogP contribution in [0.15, 0.2) is 43.0 Å². The molecule has 1 aromatic rings. The highest BCUT2D eigenvalue weighted by Gasteiger charge is 2.59. The summed E-state index contributed by atoms with van der Waals surface area (Å²) in [5, 5.41) is 10.2. The summed E-state index contributed by atoms with van der Waals surface area (Å²) < 4.78 is 5.42. The van der Waals surface area contributed by atoms with E-state index < -0.39 is 5.60 Å². The fourth-order valence-electron chi connectivity index (χ4n) is 2.48. The predicted octanol–water partition coefficient (Wildman–Crippen LogP) is 2.35. The van der Waals surface area contributed by atoms with Gasteiger partial charge in [-0.05, 0) is 12.5 Å². The first-order chi connectivity index (χ1) is 7.61. The average Bonchev–Trinajstić information content (AvgIpc) is 3.05. The van der Waals surface area contributed by atoms with Gasteiger partial charge in [0.05, 0.1) is 11.7 Å². The lowest BCUT2D eigenvalue weighted by Gasteiger charge is -2.18. The molecule has 1 aliphatic carbocycles. The van der Waals surface area contributed by atoms with Crippen molar-refractivity contribution in [2.24, 2.45) is 5.92 Å². The third kappa shape index (κ3) is 1.79. The Labute approximate surface area is 96.6 Å². The van der Waals surface area contributed by atoms with Gasteiger partial charge >= 0.3 is 0 Å². The molecule has 0 aromatic heterocycles. The molecular weight excluding hydrogens is 200 g/mol. The Kier molecular flexibility index (Phi) is 2.87. The summed E-state index contributed by atoms with van der Waals surface area (Å²) in [6, 6.07) is 10.2. The van der Waals surface area contributed by atoms with Crippen molar-refractivity contribution in [2.45, 2.75) is 24.5 Å². The molecule has 1 saturated carbocycles. The van der Waals surface area contributed by atoms with Gasteiger partial charge in [-0.3, -0.25) is 0 Å². The van der Waals surface area contributed by atoms with E-state index in [0.717, 1.165) is 0 Å². The second-order valence-corrected chi connectivity index (χ2v) is 4.59. The molecule has 4 atom stereocenters. The minimum absolute atomic E-state index is 0.0930. The summed E-state index contributed by atoms with van der Waals surface area (Å²) in [4.78, 5) is 0. The van der Waals surface area contributed by atoms with Crippen LogP contribution in [-0.2, 0) is 4.74 Å². The van der Waals surface area contributed by atoms with Crippen LogP contribution in [0.1, 0.15) is 18.4 Å². The van der Waals surface area contributed by atoms with Gasteiger partial charge in [0.25, 0.3) is 0 Å². The molecule has 2 rings (SSSR count). The van der Waals surface area contributed by atoms with Crippen LogP contribution < -0.4 is 0 Å². The van der Waals surface area contributed by atoms with Gasteiger partial charge in [-0.2, -0.15) is 0 Å². The smallest absolute Gasteiger partial charge is 0.0856 e. The van der Waals surface area contributed by atoms with Crippen LogP contribution >= 0.6 is 0 Å². The third-order valence-electron chi connectivity index (χ3n) is 3.50. The first-order valence-electron chi connectivity index (χ1n) is 5.55. The molecule has 0 spiro atoms. The number of hydrogen-bond donors (Lipinski definition) is 1. The maximum absolute atomic E-state index is 10.2. The molecule has 1 aliphatic rings. The molecule has 1 N–H and O–H groups in total. The van der Waals surface area contributed by atoms with E-state index in [2.05, 4.69) is 18.7 Å². The van der Waals surface area contributed by atoms with E-state index in [0.29, 0.717) is 0 Å². The van der Waals surface area contributed by atoms with E-state index in [9.17, 15) is 5.11 Å². The Morgan fingerprint density at radius 1 is 1.38 bits per heavy atom. The van der Waals surface area contributed by atoms with Gasteiger partial charge in [-0.1, -0.05) is 36.4 Å². The Hall–Kier alpha value is -1.12. The fourth-order valence-corrected chi connectivity index (χ4v) is 2.48. The molecule has 1 fully saturated rings. The number of rotatable bonds is 4. The molecule has 2 unspecified atom stereocenters. The second kappa shape index (κ2) is 4.04. The molecule has 2 heteroatoms. The first-order valence-corrected chi connectivity index (χ1v) is 5.55. The average molecular weight is 218 g/mol. The lowest BCUT2D eigenvalue weighted by atomic mass is 9.97. The molecule has 0 bridgehead atoms. The van der Waals surface area contributed by atoms with Gasteiger partial charge in [0.15, 0.2) is 0 Å². The van der Waals surface area contributed by atoms with Crippen LogP contribution in [0.2, 0.25) is 0 Å². The summed E-state index contributed by atoms with van der Waals surface area (Å²) in [7, 11) is 1.69. The van der Waals surface area contributed by atoms with Gasteiger partial charge in [-0.15, -0.1) is 6.58 Å². The quantitative estimate of drug-likeness (QED) is 0.786. The van der Waals surface area contributed by atoms with Crippen LogP contribution in [0.3, 0.4) is 0 Å². The SMILES string of the molecule is C=CC(C)(O)[C@H]1C(OC)[C@@H]1c1ccccc1. The molecule has 86 valence electrons. The number of methoxy groups -OCH3 is 1. The highest BCUT2D eigenvalue weighted by Crippen LogP contribution is 2.55. The van der Waals surface area contributed by atoms with Crippen molar-refractivity contribution >= 4 is 0 Å². The normalized spacial score (nSPS) is 31.8. The minimum atomic E-state index is -0.860. The molecule has 16 heavy (non-hydrogen) atoms. The molecule has 2 nitrogen and oxygen atoms in total. The maximum atomic E-state index is 10.2. The molecule has 0 radical (unpaired) electrons. The Morgan fingerprint density at radius 2 is 2.00 bits per heavy atom. The van der Waals surface area contributed by atoms with Crippen LogP contribution in [0.5, 0.6) is 0 Å². The monoisotopic (exact) mass is 218 g/mol. The van der Waals surface area contributed by atoms with Crippen molar-refractivity contribution in [3.8, 4) is 0 Å². The molecule has 0 amide bonds. The van der Waals surface area contributed by atoms with E-state index in [1.54, 1.807) is 20.1 Å². The van der Waals surface area contributed by atoms with E-state index in [1.807, 2.05) is 18.2 Å². The Balaban J connectivity index is 2.22. The van der Waals surface area contributed by atoms with Crippen LogP contribution in [-0.4, -0.2) is 23.9 Å². The second-order valence-electron chi connectivity index (χ2n) is 4.59. The molecule has 0 saturated heterocycles. The zero-order chi connectivity index (χ0) is 11.8. The van der Waals surface area contributed by atoms with Gasteiger partial charge in [0.1, 0.15) is 0 Å². The minimum Gasteiger partial charge on any atom is -0.386 e. The first kappa shape index (κ1) is 11.4. The van der Waals surface area contributed by atoms with Crippen LogP contribution in [0.4, 0.5) is 0 Å². The van der Waals surface area contributed by atoms with Crippen molar-refractivity contribution in [1.29, 1.82) is 0 Å². The Morgan fingerprint density at radius 3 is 2.50 bits per heavy atom. The standard InChI is InChI=1S/C14H18O2/c1-4-14(2,15)12-11(13(12)16-3)10-8-6-5-7-9-10/h4-9,11-13,15H,1H2,2-3H3/t11-,12-,13?,14?/m1/s1. The van der Waals surface area contributed by atoms with Gasteiger partial charge < -0.3 is 9.84 Å². The summed E-state index contributed by atoms with van der Waals surface area (Å²) >= 11 is 0. The summed E-state index contributed by atoms with van der Waals surface area (Å²) in [6.45, 7) is 5.48. The lowest BCUT2D eigenvalue weighted by Crippen LogP contribution is -2.26. The summed E-state index contributed by atoms with van der Waals surface area (Å²) in [5.74, 6) is 0.386. The summed E-state index contributed by atoms with van der Waals surface area (Å²) in [6.07, 6.45) is 1.70. The van der Waals surface area contributed by atoms with Crippen LogP contribution in [0, 0.1) is 5.92 Å². The van der Waals surface area contributed by atoms with Gasteiger partial charge in [0, 0.05) is 18.9 Å². The van der Waals surface area contributed by atoms with Crippen molar-refractivity contribution in [2.75, 3.05) is 7.11 Å². The van der Waals surface area contributed by atoms with Crippen molar-refractivity contribution in [3.63, 3.8) is 0 Å². The maximum Gasteiger partial charge on any atom is 0.0856 e. The molecule has 0 heterocycles. The number of benzene rings is 1. The highest BCUT2D eigenvalue weighted by atomic mass is 16.5. The lowest BCUT2D eigenvalue weighted by molar-refractivity contribution is 0.0560.